The fourth-order valence-corrected chi connectivity index (χ4v) is 5.43. The van der Waals surface area contributed by atoms with Gasteiger partial charge in [0, 0.05) is 0 Å². The molecule has 0 saturated heterocycles. The summed E-state index contributed by atoms with van der Waals surface area (Å²) >= 11 is 12.4. The van der Waals surface area contributed by atoms with E-state index in [1.807, 2.05) is 0 Å². The van der Waals surface area contributed by atoms with E-state index in [1.165, 1.54) is 5.20 Å². The zero-order valence-corrected chi connectivity index (χ0v) is 11.3. The maximum Gasteiger partial charge on any atom is 0.175 e. The summed E-state index contributed by atoms with van der Waals surface area (Å²) in [5.74, 6) is 0. The summed E-state index contributed by atoms with van der Waals surface area (Å²) in [5.41, 5.74) is 2.19. The van der Waals surface area contributed by atoms with Crippen molar-refractivity contribution in [2.24, 2.45) is 0 Å². The maximum atomic E-state index is 6.22. The standard InChI is InChI=1S/C7H16Cl2Si2/c1-7(11(4,5)9)6-10(2,3)8/h6H,1-5H3/b7-6+. The lowest BCUT2D eigenvalue weighted by Gasteiger charge is -2.17. The monoisotopic (exact) mass is 226 g/mol. The minimum absolute atomic E-state index is 1.31. The van der Waals surface area contributed by atoms with E-state index in [2.05, 4.69) is 38.8 Å². The van der Waals surface area contributed by atoms with Crippen molar-refractivity contribution in [3.8, 4) is 0 Å². The molecule has 0 nitrogen and oxygen atoms in total. The van der Waals surface area contributed by atoms with Crippen molar-refractivity contribution in [1.29, 1.82) is 0 Å². The van der Waals surface area contributed by atoms with Gasteiger partial charge in [0.2, 0.25) is 0 Å². The summed E-state index contributed by atoms with van der Waals surface area (Å²) in [5, 5.41) is 1.31. The molecular weight excluding hydrogens is 211 g/mol. The molecule has 0 amide bonds. The van der Waals surface area contributed by atoms with Crippen LogP contribution in [0.15, 0.2) is 10.9 Å². The number of hydrogen-bond acceptors (Lipinski definition) is 0. The van der Waals surface area contributed by atoms with Crippen molar-refractivity contribution in [3.63, 3.8) is 0 Å². The molecule has 11 heavy (non-hydrogen) atoms. The first-order chi connectivity index (χ1) is 4.63. The molecule has 0 aromatic carbocycles. The zero-order valence-electron chi connectivity index (χ0n) is 7.83. The molecule has 0 spiro atoms. The first kappa shape index (κ1) is 11.8. The zero-order chi connectivity index (χ0) is 9.28. The SMILES string of the molecule is C/C(=C\[Si](C)(C)Cl)[Si](C)(C)Cl. The van der Waals surface area contributed by atoms with E-state index in [-0.39, 0.29) is 0 Å². The summed E-state index contributed by atoms with van der Waals surface area (Å²) < 4.78 is 0. The van der Waals surface area contributed by atoms with E-state index in [4.69, 9.17) is 22.2 Å². The Morgan fingerprint density at radius 2 is 1.45 bits per heavy atom. The Labute approximate surface area is 81.0 Å². The van der Waals surface area contributed by atoms with Gasteiger partial charge >= 0.3 is 0 Å². The smallest absolute Gasteiger partial charge is 0.162 e. The molecule has 0 aliphatic heterocycles. The molecule has 0 saturated carbocycles. The van der Waals surface area contributed by atoms with Crippen molar-refractivity contribution in [1.82, 2.24) is 0 Å². The van der Waals surface area contributed by atoms with E-state index >= 15 is 0 Å². The molecule has 0 aliphatic carbocycles. The van der Waals surface area contributed by atoms with Crippen LogP contribution in [0.1, 0.15) is 6.92 Å². The summed E-state index contributed by atoms with van der Waals surface area (Å²) in [4.78, 5) is 0. The van der Waals surface area contributed by atoms with E-state index < -0.39 is 14.8 Å². The molecule has 0 atom stereocenters. The van der Waals surface area contributed by atoms with Gasteiger partial charge in [-0.25, -0.2) is 0 Å². The van der Waals surface area contributed by atoms with Gasteiger partial charge < -0.3 is 0 Å². The number of halogens is 2. The molecule has 66 valence electrons. The molecule has 0 fully saturated rings. The Bertz CT molecular complexity index is 162. The van der Waals surface area contributed by atoms with E-state index in [0.717, 1.165) is 0 Å². The predicted octanol–water partition coefficient (Wildman–Crippen LogP) is 3.90. The van der Waals surface area contributed by atoms with Gasteiger partial charge in [-0.2, -0.15) is 22.2 Å². The van der Waals surface area contributed by atoms with E-state index in [1.54, 1.807) is 0 Å². The van der Waals surface area contributed by atoms with Gasteiger partial charge in [0.25, 0.3) is 0 Å². The van der Waals surface area contributed by atoms with Gasteiger partial charge in [0.05, 0.1) is 0 Å². The molecule has 0 aromatic heterocycles. The third-order valence-electron chi connectivity index (χ3n) is 1.50. The second-order valence-corrected chi connectivity index (χ2v) is 16.8. The Morgan fingerprint density at radius 1 is 1.09 bits per heavy atom. The van der Waals surface area contributed by atoms with Crippen LogP contribution < -0.4 is 0 Å². The van der Waals surface area contributed by atoms with Crippen LogP contribution in [0.3, 0.4) is 0 Å². The Balaban J connectivity index is 4.49. The highest BCUT2D eigenvalue weighted by Crippen LogP contribution is 2.22. The largest absolute Gasteiger partial charge is 0.175 e. The third kappa shape index (κ3) is 5.96. The molecule has 0 N–H and O–H groups in total. The van der Waals surface area contributed by atoms with E-state index in [9.17, 15) is 0 Å². The van der Waals surface area contributed by atoms with Crippen LogP contribution >= 0.6 is 22.2 Å². The average molecular weight is 227 g/mol. The van der Waals surface area contributed by atoms with E-state index in [0.29, 0.717) is 0 Å². The Hall–Kier alpha value is 0.754. The van der Waals surface area contributed by atoms with Gasteiger partial charge in [-0.05, 0) is 6.92 Å². The van der Waals surface area contributed by atoms with Crippen LogP contribution in [-0.4, -0.2) is 14.8 Å². The molecular formula is C7H16Cl2Si2. The predicted molar refractivity (Wildman–Crippen MR) is 60.4 cm³/mol. The lowest BCUT2D eigenvalue weighted by molar-refractivity contribution is 1.59. The lowest BCUT2D eigenvalue weighted by Crippen LogP contribution is -2.23. The third-order valence-corrected chi connectivity index (χ3v) is 6.15. The van der Waals surface area contributed by atoms with Crippen LogP contribution in [0.4, 0.5) is 0 Å². The number of rotatable bonds is 2. The summed E-state index contributed by atoms with van der Waals surface area (Å²) in [6.45, 7) is 10.6. The molecule has 0 unspecified atom stereocenters. The van der Waals surface area contributed by atoms with Crippen molar-refractivity contribution in [2.75, 3.05) is 0 Å². The molecule has 0 aliphatic rings. The topological polar surface area (TPSA) is 0 Å². The number of allylic oxidation sites excluding steroid dienone is 1. The van der Waals surface area contributed by atoms with Gasteiger partial charge in [-0.3, -0.25) is 0 Å². The average Bonchev–Trinajstić information content (AvgIpc) is 1.56. The number of hydrogen-bond donors (Lipinski definition) is 0. The first-order valence-corrected chi connectivity index (χ1v) is 11.8. The van der Waals surface area contributed by atoms with Crippen molar-refractivity contribution >= 4 is 36.9 Å². The van der Waals surface area contributed by atoms with Crippen LogP contribution in [0.2, 0.25) is 26.2 Å². The maximum absolute atomic E-state index is 6.22. The second-order valence-electron chi connectivity index (χ2n) is 3.86. The first-order valence-electron chi connectivity index (χ1n) is 3.71. The Morgan fingerprint density at radius 3 is 1.55 bits per heavy atom. The molecule has 4 heteroatoms. The normalized spacial score (nSPS) is 15.4. The minimum Gasteiger partial charge on any atom is -0.162 e. The molecule has 0 radical (unpaired) electrons. The molecule has 0 rings (SSSR count). The fraction of sp³-hybridized carbons (Fsp3) is 0.714. The molecule has 0 heterocycles. The fourth-order valence-electron chi connectivity index (χ4n) is 0.686. The molecule has 0 bridgehead atoms. The summed E-state index contributed by atoms with van der Waals surface area (Å²) in [6.07, 6.45) is 0. The minimum atomic E-state index is -1.59. The quantitative estimate of drug-likeness (QED) is 0.496. The highest BCUT2D eigenvalue weighted by molar-refractivity contribution is 7.26. The van der Waals surface area contributed by atoms with Crippen LogP contribution in [0.25, 0.3) is 0 Å². The summed E-state index contributed by atoms with van der Waals surface area (Å²) in [7, 11) is -3.16. The molecule has 0 aromatic rings. The van der Waals surface area contributed by atoms with Crippen molar-refractivity contribution < 1.29 is 0 Å². The Kier molecular flexibility index (Phi) is 3.89. The summed E-state index contributed by atoms with van der Waals surface area (Å²) in [6, 6.07) is 0. The van der Waals surface area contributed by atoms with Crippen molar-refractivity contribution in [3.05, 3.63) is 10.9 Å². The van der Waals surface area contributed by atoms with Crippen LogP contribution in [0.5, 0.6) is 0 Å². The van der Waals surface area contributed by atoms with Gasteiger partial charge in [0.15, 0.2) is 14.8 Å². The van der Waals surface area contributed by atoms with Gasteiger partial charge in [0.1, 0.15) is 0 Å². The second kappa shape index (κ2) is 3.64. The van der Waals surface area contributed by atoms with Crippen LogP contribution in [-0.2, 0) is 0 Å². The van der Waals surface area contributed by atoms with Crippen molar-refractivity contribution in [2.45, 2.75) is 33.1 Å². The van der Waals surface area contributed by atoms with Gasteiger partial charge in [-0.1, -0.05) is 37.1 Å². The van der Waals surface area contributed by atoms with Crippen LogP contribution in [0, 0.1) is 0 Å². The lowest BCUT2D eigenvalue weighted by atomic mass is 10.7. The highest BCUT2D eigenvalue weighted by atomic mass is 35.6. The highest BCUT2D eigenvalue weighted by Gasteiger charge is 2.23. The van der Waals surface area contributed by atoms with Gasteiger partial charge in [-0.15, -0.1) is 0 Å².